The molecular formula is C29H34N4O3. The van der Waals surface area contributed by atoms with Gasteiger partial charge in [0.15, 0.2) is 5.65 Å². The zero-order valence-corrected chi connectivity index (χ0v) is 21.6. The number of para-hydroxylation sites is 1. The van der Waals surface area contributed by atoms with Gasteiger partial charge in [0.2, 0.25) is 0 Å². The molecule has 1 N–H and O–H groups in total. The van der Waals surface area contributed by atoms with E-state index in [1.54, 1.807) is 18.0 Å². The van der Waals surface area contributed by atoms with E-state index in [0.717, 1.165) is 28.1 Å². The first-order chi connectivity index (χ1) is 17.3. The zero-order chi connectivity index (χ0) is 25.8. The van der Waals surface area contributed by atoms with Crippen molar-refractivity contribution in [2.45, 2.75) is 53.3 Å². The van der Waals surface area contributed by atoms with Crippen LogP contribution in [0.2, 0.25) is 0 Å². The van der Waals surface area contributed by atoms with Crippen molar-refractivity contribution in [1.82, 2.24) is 19.7 Å². The van der Waals surface area contributed by atoms with Crippen LogP contribution in [-0.2, 0) is 6.54 Å². The summed E-state index contributed by atoms with van der Waals surface area (Å²) in [4.78, 5) is 20.7. The minimum atomic E-state index is -0.695. The summed E-state index contributed by atoms with van der Waals surface area (Å²) >= 11 is 0. The van der Waals surface area contributed by atoms with Gasteiger partial charge in [0.05, 0.1) is 35.6 Å². The highest BCUT2D eigenvalue weighted by Crippen LogP contribution is 2.30. The van der Waals surface area contributed by atoms with Gasteiger partial charge in [-0.1, -0.05) is 42.5 Å². The molecule has 0 bridgehead atoms. The Balaban J connectivity index is 1.85. The van der Waals surface area contributed by atoms with E-state index in [0.29, 0.717) is 29.7 Å². The van der Waals surface area contributed by atoms with Crippen LogP contribution in [0, 0.1) is 6.92 Å². The second-order valence-corrected chi connectivity index (χ2v) is 9.37. The number of aromatic nitrogens is 3. The Hall–Kier alpha value is -3.71. The van der Waals surface area contributed by atoms with Crippen LogP contribution in [0.4, 0.5) is 0 Å². The van der Waals surface area contributed by atoms with Gasteiger partial charge in [0, 0.05) is 30.3 Å². The van der Waals surface area contributed by atoms with Gasteiger partial charge >= 0.3 is 0 Å². The van der Waals surface area contributed by atoms with Crippen molar-refractivity contribution in [2.75, 3.05) is 13.2 Å². The normalized spacial score (nSPS) is 12.2. The number of carbonyl (C=O) groups excluding carboxylic acids is 1. The van der Waals surface area contributed by atoms with E-state index in [2.05, 4.69) is 5.10 Å². The third kappa shape index (κ3) is 5.26. The van der Waals surface area contributed by atoms with Gasteiger partial charge in [-0.2, -0.15) is 5.10 Å². The molecular weight excluding hydrogens is 452 g/mol. The van der Waals surface area contributed by atoms with Gasteiger partial charge in [-0.25, -0.2) is 9.67 Å². The van der Waals surface area contributed by atoms with E-state index in [1.807, 2.05) is 87.0 Å². The second-order valence-electron chi connectivity index (χ2n) is 9.37. The minimum absolute atomic E-state index is 0.0803. The lowest BCUT2D eigenvalue weighted by Gasteiger charge is -2.26. The third-order valence-electron chi connectivity index (χ3n) is 6.11. The molecule has 0 spiro atoms. The Labute approximate surface area is 212 Å². The molecule has 1 atom stereocenters. The van der Waals surface area contributed by atoms with Crippen molar-refractivity contribution >= 4 is 16.9 Å². The summed E-state index contributed by atoms with van der Waals surface area (Å²) in [6, 6.07) is 17.6. The van der Waals surface area contributed by atoms with E-state index < -0.39 is 6.10 Å². The summed E-state index contributed by atoms with van der Waals surface area (Å²) < 4.78 is 7.64. The number of rotatable bonds is 9. The smallest absolute Gasteiger partial charge is 0.255 e. The number of hydrogen-bond acceptors (Lipinski definition) is 5. The second kappa shape index (κ2) is 10.9. The largest absolute Gasteiger partial charge is 0.494 e. The molecule has 7 heteroatoms. The molecule has 0 fully saturated rings. The first-order valence-electron chi connectivity index (χ1n) is 12.4. The molecule has 0 radical (unpaired) electrons. The number of ether oxygens (including phenoxy) is 1. The highest BCUT2D eigenvalue weighted by molar-refractivity contribution is 6.06. The number of amides is 1. The summed E-state index contributed by atoms with van der Waals surface area (Å²) in [6.07, 6.45) is 1.02. The van der Waals surface area contributed by atoms with Gasteiger partial charge in [0.25, 0.3) is 5.91 Å². The van der Waals surface area contributed by atoms with E-state index in [9.17, 15) is 9.90 Å². The van der Waals surface area contributed by atoms with Crippen molar-refractivity contribution in [2.24, 2.45) is 0 Å². The summed E-state index contributed by atoms with van der Waals surface area (Å²) in [5.74, 6) is 0.546. The lowest BCUT2D eigenvalue weighted by molar-refractivity contribution is 0.0630. The Morgan fingerprint density at radius 3 is 2.53 bits per heavy atom. The maximum absolute atomic E-state index is 14.1. The summed E-state index contributed by atoms with van der Waals surface area (Å²) in [5.41, 5.74) is 4.83. The Morgan fingerprint density at radius 1 is 1.11 bits per heavy atom. The van der Waals surface area contributed by atoms with E-state index >= 15 is 0 Å². The van der Waals surface area contributed by atoms with Crippen molar-refractivity contribution in [3.63, 3.8) is 0 Å². The fourth-order valence-corrected chi connectivity index (χ4v) is 4.42. The topological polar surface area (TPSA) is 80.5 Å². The van der Waals surface area contributed by atoms with E-state index in [-0.39, 0.29) is 18.5 Å². The molecule has 0 saturated carbocycles. The maximum atomic E-state index is 14.1. The van der Waals surface area contributed by atoms with Crippen LogP contribution in [0.25, 0.3) is 22.3 Å². The first kappa shape index (κ1) is 25.4. The average Bonchev–Trinajstić information content (AvgIpc) is 3.28. The monoisotopic (exact) mass is 486 g/mol. The summed E-state index contributed by atoms with van der Waals surface area (Å²) in [6.45, 7) is 10.8. The number of pyridine rings is 1. The van der Waals surface area contributed by atoms with Crippen molar-refractivity contribution in [3.8, 4) is 17.0 Å². The number of benzene rings is 2. The van der Waals surface area contributed by atoms with Crippen LogP contribution < -0.4 is 4.74 Å². The molecule has 4 rings (SSSR count). The molecule has 2 heterocycles. The molecule has 188 valence electrons. The quantitative estimate of drug-likeness (QED) is 0.342. The van der Waals surface area contributed by atoms with Crippen molar-refractivity contribution in [1.29, 1.82) is 0 Å². The molecule has 4 aromatic rings. The molecule has 2 aromatic heterocycles. The molecule has 0 unspecified atom stereocenters. The van der Waals surface area contributed by atoms with E-state index in [4.69, 9.17) is 9.72 Å². The van der Waals surface area contributed by atoms with Gasteiger partial charge in [-0.15, -0.1) is 0 Å². The van der Waals surface area contributed by atoms with Gasteiger partial charge < -0.3 is 14.7 Å². The predicted octanol–water partition coefficient (Wildman–Crippen LogP) is 5.41. The number of carbonyl (C=O) groups is 1. The van der Waals surface area contributed by atoms with Crippen LogP contribution in [0.1, 0.15) is 55.2 Å². The Kier molecular flexibility index (Phi) is 7.70. The third-order valence-corrected chi connectivity index (χ3v) is 6.11. The first-order valence-corrected chi connectivity index (χ1v) is 12.4. The molecule has 0 saturated heterocycles. The Morgan fingerprint density at radius 2 is 1.83 bits per heavy atom. The molecule has 0 aliphatic carbocycles. The van der Waals surface area contributed by atoms with Gasteiger partial charge in [-0.05, 0) is 52.3 Å². The molecule has 7 nitrogen and oxygen atoms in total. The fourth-order valence-electron chi connectivity index (χ4n) is 4.42. The predicted molar refractivity (Wildman–Crippen MR) is 142 cm³/mol. The molecule has 0 aliphatic rings. The highest BCUT2D eigenvalue weighted by Gasteiger charge is 2.25. The van der Waals surface area contributed by atoms with Gasteiger partial charge in [0.1, 0.15) is 5.75 Å². The standard InChI is InChI=1S/C29H34N4O3/c1-6-36-27-14-10-8-12-22(27)18-32(17-21(5)34)29(35)24-15-26(23-13-9-7-11-20(23)4)31-28-25(24)16-30-33(28)19(2)3/h7-16,19,21,34H,6,17-18H2,1-5H3/t21-/m0/s1. The number of fused-ring (bicyclic) bond motifs is 1. The number of nitrogens with zero attached hydrogens (tertiary/aromatic N) is 4. The number of aliphatic hydroxyl groups is 1. The SMILES string of the molecule is CCOc1ccccc1CN(C[C@H](C)O)C(=O)c1cc(-c2ccccc2C)nc2c1cnn2C(C)C. The zero-order valence-electron chi connectivity index (χ0n) is 21.6. The van der Waals surface area contributed by atoms with Crippen LogP contribution in [-0.4, -0.2) is 49.9 Å². The van der Waals surface area contributed by atoms with Crippen LogP contribution in [0.5, 0.6) is 5.75 Å². The number of aliphatic hydroxyl groups excluding tert-OH is 1. The van der Waals surface area contributed by atoms with Crippen LogP contribution in [0.3, 0.4) is 0 Å². The van der Waals surface area contributed by atoms with Crippen LogP contribution >= 0.6 is 0 Å². The highest BCUT2D eigenvalue weighted by atomic mass is 16.5. The molecule has 0 aliphatic heterocycles. The van der Waals surface area contributed by atoms with Crippen molar-refractivity contribution < 1.29 is 14.6 Å². The minimum Gasteiger partial charge on any atom is -0.494 e. The molecule has 2 aromatic carbocycles. The van der Waals surface area contributed by atoms with E-state index in [1.165, 1.54) is 0 Å². The summed E-state index contributed by atoms with van der Waals surface area (Å²) in [7, 11) is 0. The fraction of sp³-hybridized carbons (Fsp3) is 0.345. The lowest BCUT2D eigenvalue weighted by atomic mass is 10.0. The van der Waals surface area contributed by atoms with Crippen molar-refractivity contribution in [3.05, 3.63) is 77.5 Å². The molecule has 1 amide bonds. The van der Waals surface area contributed by atoms with Gasteiger partial charge in [-0.3, -0.25) is 4.79 Å². The maximum Gasteiger partial charge on any atom is 0.255 e. The Bertz CT molecular complexity index is 1360. The lowest BCUT2D eigenvalue weighted by Crippen LogP contribution is -2.36. The summed E-state index contributed by atoms with van der Waals surface area (Å²) in [5, 5.41) is 15.5. The average molecular weight is 487 g/mol. The number of aryl methyl sites for hydroxylation is 1. The number of hydrogen-bond donors (Lipinski definition) is 1. The van der Waals surface area contributed by atoms with Crippen LogP contribution in [0.15, 0.2) is 60.8 Å². The molecule has 36 heavy (non-hydrogen) atoms.